The van der Waals surface area contributed by atoms with Crippen molar-refractivity contribution in [1.82, 2.24) is 14.8 Å². The first-order valence-corrected chi connectivity index (χ1v) is 5.94. The van der Waals surface area contributed by atoms with Crippen molar-refractivity contribution in [3.63, 3.8) is 0 Å². The van der Waals surface area contributed by atoms with Gasteiger partial charge in [-0.15, -0.1) is 5.10 Å². The van der Waals surface area contributed by atoms with Crippen molar-refractivity contribution in [3.05, 3.63) is 39.8 Å². The van der Waals surface area contributed by atoms with Crippen LogP contribution in [0.15, 0.2) is 33.0 Å². The van der Waals surface area contributed by atoms with Gasteiger partial charge in [-0.25, -0.2) is 14.7 Å². The van der Waals surface area contributed by atoms with Crippen molar-refractivity contribution >= 4 is 17.7 Å². The highest BCUT2D eigenvalue weighted by Gasteiger charge is 2.14. The Morgan fingerprint density at radius 2 is 2.22 bits per heavy atom. The molecule has 7 heteroatoms. The molecular formula is C11H11N3O3S. The summed E-state index contributed by atoms with van der Waals surface area (Å²) in [5.74, 6) is -1.00. The number of rotatable bonds is 3. The molecular weight excluding hydrogens is 254 g/mol. The average molecular weight is 265 g/mol. The van der Waals surface area contributed by atoms with Crippen molar-refractivity contribution in [2.75, 3.05) is 0 Å². The van der Waals surface area contributed by atoms with Gasteiger partial charge in [0.05, 0.1) is 5.56 Å². The highest BCUT2D eigenvalue weighted by atomic mass is 32.2. The van der Waals surface area contributed by atoms with Crippen molar-refractivity contribution in [2.24, 2.45) is 7.05 Å². The van der Waals surface area contributed by atoms with Crippen LogP contribution in [0.5, 0.6) is 0 Å². The summed E-state index contributed by atoms with van der Waals surface area (Å²) in [4.78, 5) is 22.9. The SMILES string of the molecule is Cc1ccc(C(=O)O)c(Sc2n[nH]c(=O)n2C)c1. The second-order valence-corrected chi connectivity index (χ2v) is 4.79. The normalized spacial score (nSPS) is 10.6. The molecule has 0 atom stereocenters. The smallest absolute Gasteiger partial charge is 0.343 e. The number of H-pyrrole nitrogens is 1. The molecule has 1 heterocycles. The van der Waals surface area contributed by atoms with E-state index in [1.807, 2.05) is 6.92 Å². The van der Waals surface area contributed by atoms with Gasteiger partial charge in [0.25, 0.3) is 0 Å². The van der Waals surface area contributed by atoms with Gasteiger partial charge < -0.3 is 5.11 Å². The van der Waals surface area contributed by atoms with Crippen LogP contribution >= 0.6 is 11.8 Å². The lowest BCUT2D eigenvalue weighted by Gasteiger charge is -2.05. The van der Waals surface area contributed by atoms with E-state index in [9.17, 15) is 9.59 Å². The minimum absolute atomic E-state index is 0.195. The fourth-order valence-electron chi connectivity index (χ4n) is 1.41. The number of carbonyl (C=O) groups is 1. The summed E-state index contributed by atoms with van der Waals surface area (Å²) in [6, 6.07) is 5.04. The maximum Gasteiger partial charge on any atom is 0.343 e. The predicted molar refractivity (Wildman–Crippen MR) is 66.1 cm³/mol. The standard InChI is InChI=1S/C11H11N3O3S/c1-6-3-4-7(9(15)16)8(5-6)18-11-13-12-10(17)14(11)2/h3-5H,1-2H3,(H,12,17)(H,15,16). The number of nitrogens with one attached hydrogen (secondary N) is 1. The Morgan fingerprint density at radius 1 is 1.50 bits per heavy atom. The molecule has 0 aliphatic carbocycles. The number of benzene rings is 1. The van der Waals surface area contributed by atoms with Gasteiger partial charge in [-0.3, -0.25) is 4.57 Å². The number of carboxylic acids is 1. The molecule has 0 radical (unpaired) electrons. The molecule has 0 aliphatic heterocycles. The van der Waals surface area contributed by atoms with Gasteiger partial charge in [0.1, 0.15) is 0 Å². The molecule has 0 saturated heterocycles. The highest BCUT2D eigenvalue weighted by molar-refractivity contribution is 7.99. The van der Waals surface area contributed by atoms with Crippen LogP contribution in [-0.2, 0) is 7.05 Å². The Bertz CT molecular complexity index is 660. The molecule has 6 nitrogen and oxygen atoms in total. The highest BCUT2D eigenvalue weighted by Crippen LogP contribution is 2.29. The van der Waals surface area contributed by atoms with Crippen LogP contribution in [0.25, 0.3) is 0 Å². The summed E-state index contributed by atoms with van der Waals surface area (Å²) < 4.78 is 1.33. The third-order valence-electron chi connectivity index (χ3n) is 2.41. The second-order valence-electron chi connectivity index (χ2n) is 3.78. The molecule has 0 aliphatic rings. The van der Waals surface area contributed by atoms with E-state index in [1.165, 1.54) is 4.57 Å². The van der Waals surface area contributed by atoms with E-state index in [0.717, 1.165) is 17.3 Å². The number of aromatic carboxylic acids is 1. The largest absolute Gasteiger partial charge is 0.478 e. The quantitative estimate of drug-likeness (QED) is 0.872. The van der Waals surface area contributed by atoms with Crippen molar-refractivity contribution in [3.8, 4) is 0 Å². The molecule has 0 unspecified atom stereocenters. The Labute approximate surface area is 107 Å². The molecule has 2 N–H and O–H groups in total. The maximum absolute atomic E-state index is 11.2. The van der Waals surface area contributed by atoms with Crippen molar-refractivity contribution in [2.45, 2.75) is 17.0 Å². The minimum atomic E-state index is -1.00. The van der Waals surface area contributed by atoms with Gasteiger partial charge >= 0.3 is 11.7 Å². The van der Waals surface area contributed by atoms with Gasteiger partial charge in [0, 0.05) is 11.9 Å². The Kier molecular flexibility index (Phi) is 3.24. The van der Waals surface area contributed by atoms with Crippen LogP contribution < -0.4 is 5.69 Å². The van der Waals surface area contributed by atoms with Crippen LogP contribution in [0.4, 0.5) is 0 Å². The first kappa shape index (κ1) is 12.4. The topological polar surface area (TPSA) is 88.0 Å². The fourth-order valence-corrected chi connectivity index (χ4v) is 2.43. The van der Waals surface area contributed by atoms with Gasteiger partial charge in [-0.1, -0.05) is 6.07 Å². The molecule has 0 fully saturated rings. The Hall–Kier alpha value is -2.02. The summed E-state index contributed by atoms with van der Waals surface area (Å²) in [7, 11) is 1.57. The number of hydrogen-bond donors (Lipinski definition) is 2. The summed E-state index contributed by atoms with van der Waals surface area (Å²) in [6.07, 6.45) is 0. The predicted octanol–water partition coefficient (Wildman–Crippen LogP) is 1.27. The van der Waals surface area contributed by atoms with Crippen molar-refractivity contribution in [1.29, 1.82) is 0 Å². The maximum atomic E-state index is 11.2. The molecule has 1 aromatic carbocycles. The summed E-state index contributed by atoms with van der Waals surface area (Å²) >= 11 is 1.14. The summed E-state index contributed by atoms with van der Waals surface area (Å²) in [6.45, 7) is 1.87. The van der Waals surface area contributed by atoms with E-state index in [2.05, 4.69) is 10.2 Å². The van der Waals surface area contributed by atoms with Gasteiger partial charge in [0.2, 0.25) is 0 Å². The third kappa shape index (κ3) is 2.30. The first-order chi connectivity index (χ1) is 8.49. The molecule has 2 aromatic rings. The lowest BCUT2D eigenvalue weighted by Crippen LogP contribution is -2.12. The van der Waals surface area contributed by atoms with E-state index in [0.29, 0.717) is 10.1 Å². The zero-order chi connectivity index (χ0) is 13.3. The summed E-state index contributed by atoms with van der Waals surface area (Å²) in [5.41, 5.74) is 0.811. The zero-order valence-electron chi connectivity index (χ0n) is 9.80. The molecule has 2 rings (SSSR count). The van der Waals surface area contributed by atoms with Crippen LogP contribution in [0.2, 0.25) is 0 Å². The second kappa shape index (κ2) is 4.69. The minimum Gasteiger partial charge on any atom is -0.478 e. The number of aryl methyl sites for hydroxylation is 1. The molecule has 94 valence electrons. The number of hydrogen-bond acceptors (Lipinski definition) is 4. The Balaban J connectivity index is 2.45. The number of carboxylic acid groups (broad SMARTS) is 1. The third-order valence-corrected chi connectivity index (χ3v) is 3.51. The van der Waals surface area contributed by atoms with Crippen LogP contribution in [-0.4, -0.2) is 25.8 Å². The first-order valence-electron chi connectivity index (χ1n) is 5.12. The van der Waals surface area contributed by atoms with Gasteiger partial charge in [-0.2, -0.15) is 0 Å². The van der Waals surface area contributed by atoms with E-state index in [4.69, 9.17) is 5.11 Å². The van der Waals surface area contributed by atoms with E-state index in [-0.39, 0.29) is 11.3 Å². The summed E-state index contributed by atoms with van der Waals surface area (Å²) in [5, 5.41) is 15.7. The number of aromatic amines is 1. The van der Waals surface area contributed by atoms with Crippen molar-refractivity contribution < 1.29 is 9.90 Å². The molecule has 0 saturated carbocycles. The van der Waals surface area contributed by atoms with Gasteiger partial charge in [0.15, 0.2) is 5.16 Å². The molecule has 1 aromatic heterocycles. The Morgan fingerprint density at radius 3 is 2.78 bits per heavy atom. The molecule has 0 bridgehead atoms. The van der Waals surface area contributed by atoms with Crippen LogP contribution in [0, 0.1) is 6.92 Å². The van der Waals surface area contributed by atoms with Gasteiger partial charge in [-0.05, 0) is 36.4 Å². The lowest BCUT2D eigenvalue weighted by molar-refractivity contribution is 0.0693. The zero-order valence-corrected chi connectivity index (χ0v) is 10.6. The number of nitrogens with zero attached hydrogens (tertiary/aromatic N) is 2. The van der Waals surface area contributed by atoms with E-state index < -0.39 is 5.97 Å². The average Bonchev–Trinajstić information content (AvgIpc) is 2.61. The molecule has 18 heavy (non-hydrogen) atoms. The van der Waals surface area contributed by atoms with Crippen LogP contribution in [0.1, 0.15) is 15.9 Å². The van der Waals surface area contributed by atoms with E-state index >= 15 is 0 Å². The molecule has 0 spiro atoms. The number of aromatic nitrogens is 3. The lowest BCUT2D eigenvalue weighted by atomic mass is 10.1. The van der Waals surface area contributed by atoms with E-state index in [1.54, 1.807) is 25.2 Å². The molecule has 0 amide bonds. The fraction of sp³-hybridized carbons (Fsp3) is 0.182. The monoisotopic (exact) mass is 265 g/mol. The van der Waals surface area contributed by atoms with Crippen LogP contribution in [0.3, 0.4) is 0 Å².